The van der Waals surface area contributed by atoms with Crippen molar-refractivity contribution in [1.29, 1.82) is 0 Å². The Morgan fingerprint density at radius 2 is 1.64 bits per heavy atom. The molecule has 1 aliphatic heterocycles. The number of hydrogen-bond acceptors (Lipinski definition) is 4. The van der Waals surface area contributed by atoms with Gasteiger partial charge in [-0.2, -0.15) is 8.42 Å². The second kappa shape index (κ2) is 6.48. The Labute approximate surface area is 155 Å². The molecular formula is C17H15ClN2O3S2. The largest absolute Gasteiger partial charge is 0.284 e. The zero-order valence-electron chi connectivity index (χ0n) is 13.5. The van der Waals surface area contributed by atoms with Crippen molar-refractivity contribution in [1.82, 2.24) is 0 Å². The summed E-state index contributed by atoms with van der Waals surface area (Å²) in [6.45, 7) is 3.49. The molecule has 0 atom stereocenters. The summed E-state index contributed by atoms with van der Waals surface area (Å²) in [5.41, 5.74) is 0.579. The SMILES string of the molecule is CC1(C)S/C(=N/S(=O)(=O)c2ccc(Cl)cc2)N(c2ccccc2)C1=O. The van der Waals surface area contributed by atoms with Crippen LogP contribution in [0.15, 0.2) is 63.9 Å². The van der Waals surface area contributed by atoms with Gasteiger partial charge in [0.2, 0.25) is 5.91 Å². The minimum absolute atomic E-state index is 0.0233. The summed E-state index contributed by atoms with van der Waals surface area (Å²) in [5.74, 6) is -0.214. The van der Waals surface area contributed by atoms with Crippen LogP contribution in [0.2, 0.25) is 5.02 Å². The van der Waals surface area contributed by atoms with Crippen LogP contribution >= 0.6 is 23.4 Å². The summed E-state index contributed by atoms with van der Waals surface area (Å²) in [5, 5.41) is 0.570. The predicted octanol–water partition coefficient (Wildman–Crippen LogP) is 3.94. The second-order valence-corrected chi connectivity index (χ2v) is 9.52. The van der Waals surface area contributed by atoms with Crippen LogP contribution in [0.5, 0.6) is 0 Å². The maximum absolute atomic E-state index is 12.7. The number of carbonyl (C=O) groups is 1. The number of amides is 1. The molecule has 1 fully saturated rings. The molecule has 3 rings (SSSR count). The molecule has 0 radical (unpaired) electrons. The van der Waals surface area contributed by atoms with Crippen LogP contribution in [0.1, 0.15) is 13.8 Å². The average Bonchev–Trinajstić information content (AvgIpc) is 2.77. The molecule has 5 nitrogen and oxygen atoms in total. The first-order valence-electron chi connectivity index (χ1n) is 7.40. The van der Waals surface area contributed by atoms with E-state index in [0.717, 1.165) is 11.8 Å². The highest BCUT2D eigenvalue weighted by Crippen LogP contribution is 2.40. The number of amidine groups is 1. The van der Waals surface area contributed by atoms with Crippen LogP contribution in [0.3, 0.4) is 0 Å². The van der Waals surface area contributed by atoms with Crippen molar-refractivity contribution >= 4 is 50.1 Å². The van der Waals surface area contributed by atoms with E-state index in [1.807, 2.05) is 6.07 Å². The molecule has 0 spiro atoms. The summed E-state index contributed by atoms with van der Waals surface area (Å²) in [6, 6.07) is 14.6. The minimum Gasteiger partial charge on any atom is -0.272 e. The number of halogens is 1. The molecule has 130 valence electrons. The summed E-state index contributed by atoms with van der Waals surface area (Å²) in [4.78, 5) is 14.1. The van der Waals surface area contributed by atoms with Gasteiger partial charge in [-0.3, -0.25) is 9.69 Å². The standard InChI is InChI=1S/C17H15ClN2O3S2/c1-17(2)15(21)20(13-6-4-3-5-7-13)16(24-17)19-25(22,23)14-10-8-12(18)9-11-14/h3-11H,1-2H3/b19-16+. The molecule has 0 aromatic heterocycles. The van der Waals surface area contributed by atoms with E-state index in [-0.39, 0.29) is 16.0 Å². The van der Waals surface area contributed by atoms with Gasteiger partial charge in [0.25, 0.3) is 10.0 Å². The van der Waals surface area contributed by atoms with Crippen molar-refractivity contribution in [2.45, 2.75) is 23.5 Å². The molecular weight excluding hydrogens is 380 g/mol. The van der Waals surface area contributed by atoms with Crippen LogP contribution in [0.25, 0.3) is 0 Å². The molecule has 1 heterocycles. The van der Waals surface area contributed by atoms with Gasteiger partial charge in [0, 0.05) is 5.02 Å². The lowest BCUT2D eigenvalue weighted by atomic mass is 10.1. The highest BCUT2D eigenvalue weighted by atomic mass is 35.5. The fraction of sp³-hybridized carbons (Fsp3) is 0.176. The van der Waals surface area contributed by atoms with Gasteiger partial charge in [0.15, 0.2) is 5.17 Å². The summed E-state index contributed by atoms with van der Waals surface area (Å²) < 4.78 is 28.3. The Morgan fingerprint density at radius 1 is 1.04 bits per heavy atom. The van der Waals surface area contributed by atoms with Crippen LogP contribution in [-0.4, -0.2) is 24.2 Å². The third kappa shape index (κ3) is 3.58. The average molecular weight is 395 g/mol. The van der Waals surface area contributed by atoms with Crippen LogP contribution < -0.4 is 4.90 Å². The lowest BCUT2D eigenvalue weighted by molar-refractivity contribution is -0.118. The lowest BCUT2D eigenvalue weighted by Gasteiger charge is -2.17. The van der Waals surface area contributed by atoms with Gasteiger partial charge in [0.05, 0.1) is 15.3 Å². The van der Waals surface area contributed by atoms with E-state index in [0.29, 0.717) is 10.7 Å². The Kier molecular flexibility index (Phi) is 4.66. The summed E-state index contributed by atoms with van der Waals surface area (Å²) in [7, 11) is -3.96. The Balaban J connectivity index is 2.08. The number of hydrogen-bond donors (Lipinski definition) is 0. The molecule has 2 aromatic rings. The molecule has 1 saturated heterocycles. The fourth-order valence-electron chi connectivity index (χ4n) is 2.30. The molecule has 0 aliphatic carbocycles. The number of thioether (sulfide) groups is 1. The van der Waals surface area contributed by atoms with Crippen molar-refractivity contribution in [2.24, 2.45) is 4.40 Å². The zero-order valence-corrected chi connectivity index (χ0v) is 15.9. The van der Waals surface area contributed by atoms with Gasteiger partial charge in [-0.25, -0.2) is 0 Å². The molecule has 8 heteroatoms. The van der Waals surface area contributed by atoms with Crippen LogP contribution in [0, 0.1) is 0 Å². The zero-order chi connectivity index (χ0) is 18.2. The fourth-order valence-corrected chi connectivity index (χ4v) is 4.66. The minimum atomic E-state index is -3.96. The molecule has 0 saturated carbocycles. The smallest absolute Gasteiger partial charge is 0.272 e. The van der Waals surface area contributed by atoms with Crippen molar-refractivity contribution in [3.05, 3.63) is 59.6 Å². The van der Waals surface area contributed by atoms with Gasteiger partial charge in [-0.05, 0) is 50.2 Å². The molecule has 0 unspecified atom stereocenters. The lowest BCUT2D eigenvalue weighted by Crippen LogP contribution is -2.36. The molecule has 0 N–H and O–H groups in total. The van der Waals surface area contributed by atoms with E-state index >= 15 is 0 Å². The normalized spacial score (nSPS) is 18.8. The van der Waals surface area contributed by atoms with Crippen molar-refractivity contribution in [2.75, 3.05) is 4.90 Å². The first-order chi connectivity index (χ1) is 11.7. The van der Waals surface area contributed by atoms with E-state index in [2.05, 4.69) is 4.40 Å². The maximum atomic E-state index is 12.7. The van der Waals surface area contributed by atoms with Gasteiger partial charge in [-0.1, -0.05) is 41.6 Å². The molecule has 25 heavy (non-hydrogen) atoms. The Morgan fingerprint density at radius 3 is 2.24 bits per heavy atom. The van der Waals surface area contributed by atoms with Gasteiger partial charge in [-0.15, -0.1) is 4.40 Å². The quantitative estimate of drug-likeness (QED) is 0.790. The first-order valence-corrected chi connectivity index (χ1v) is 10.0. The predicted molar refractivity (Wildman–Crippen MR) is 102 cm³/mol. The summed E-state index contributed by atoms with van der Waals surface area (Å²) in [6.07, 6.45) is 0. The molecule has 1 amide bonds. The van der Waals surface area contributed by atoms with E-state index in [4.69, 9.17) is 11.6 Å². The monoisotopic (exact) mass is 394 g/mol. The third-order valence-electron chi connectivity index (χ3n) is 3.58. The van der Waals surface area contributed by atoms with E-state index in [1.165, 1.54) is 29.2 Å². The molecule has 0 bridgehead atoms. The second-order valence-electron chi connectivity index (χ2n) is 5.89. The molecule has 2 aromatic carbocycles. The number of sulfonamides is 1. The maximum Gasteiger partial charge on any atom is 0.284 e. The van der Waals surface area contributed by atoms with E-state index < -0.39 is 14.8 Å². The van der Waals surface area contributed by atoms with Gasteiger partial charge >= 0.3 is 0 Å². The van der Waals surface area contributed by atoms with Gasteiger partial charge < -0.3 is 0 Å². The Hall–Kier alpha value is -1.83. The number of benzene rings is 2. The van der Waals surface area contributed by atoms with Gasteiger partial charge in [0.1, 0.15) is 0 Å². The number of rotatable bonds is 3. The topological polar surface area (TPSA) is 66.8 Å². The summed E-state index contributed by atoms with van der Waals surface area (Å²) >= 11 is 6.93. The van der Waals surface area contributed by atoms with Crippen LogP contribution in [-0.2, 0) is 14.8 Å². The van der Waals surface area contributed by atoms with Crippen molar-refractivity contribution < 1.29 is 13.2 Å². The molecule has 1 aliphatic rings. The highest BCUT2D eigenvalue weighted by Gasteiger charge is 2.46. The number of para-hydroxylation sites is 1. The van der Waals surface area contributed by atoms with E-state index in [9.17, 15) is 13.2 Å². The number of anilines is 1. The van der Waals surface area contributed by atoms with Crippen molar-refractivity contribution in [3.63, 3.8) is 0 Å². The third-order valence-corrected chi connectivity index (χ3v) is 6.37. The Bertz CT molecular complexity index is 940. The van der Waals surface area contributed by atoms with Crippen molar-refractivity contribution in [3.8, 4) is 0 Å². The number of nitrogens with zero attached hydrogens (tertiary/aromatic N) is 2. The van der Waals surface area contributed by atoms with E-state index in [1.54, 1.807) is 38.1 Å². The highest BCUT2D eigenvalue weighted by molar-refractivity contribution is 8.17. The number of carbonyl (C=O) groups excluding carboxylic acids is 1. The van der Waals surface area contributed by atoms with Crippen LogP contribution in [0.4, 0.5) is 5.69 Å². The first kappa shape index (κ1) is 18.0.